The lowest BCUT2D eigenvalue weighted by Crippen LogP contribution is -2.41. The molecule has 8 heteroatoms. The summed E-state index contributed by atoms with van der Waals surface area (Å²) in [5.74, 6) is -0.0164. The number of rotatable bonds is 6. The molecule has 0 unspecified atom stereocenters. The molecule has 2 aromatic carbocycles. The number of carbonyl (C=O) groups excluding carboxylic acids is 1. The molecule has 0 aliphatic carbocycles. The number of phenolic OH excluding ortho intramolecular Hbond substituents is 1. The fourth-order valence-electron chi connectivity index (χ4n) is 3.01. The summed E-state index contributed by atoms with van der Waals surface area (Å²) in [5.41, 5.74) is 7.20. The quantitative estimate of drug-likeness (QED) is 0.369. The number of hydrogen-bond acceptors (Lipinski definition) is 6. The minimum atomic E-state index is -0.667. The molecule has 1 amide bonds. The van der Waals surface area contributed by atoms with Crippen molar-refractivity contribution in [1.29, 1.82) is 0 Å². The molecule has 0 radical (unpaired) electrons. The minimum absolute atomic E-state index is 0.0164. The minimum Gasteiger partial charge on any atom is -0.506 e. The highest BCUT2D eigenvalue weighted by Crippen LogP contribution is 2.39. The van der Waals surface area contributed by atoms with Gasteiger partial charge < -0.3 is 30.2 Å². The van der Waals surface area contributed by atoms with Gasteiger partial charge in [-0.3, -0.25) is 0 Å². The van der Waals surface area contributed by atoms with Crippen LogP contribution < -0.4 is 11.1 Å². The molecule has 4 N–H and O–H groups in total. The Bertz CT molecular complexity index is 944. The zero-order valence-corrected chi connectivity index (χ0v) is 18.3. The van der Waals surface area contributed by atoms with E-state index in [1.165, 1.54) is 0 Å². The van der Waals surface area contributed by atoms with Gasteiger partial charge in [0.2, 0.25) is 0 Å². The van der Waals surface area contributed by atoms with Crippen molar-refractivity contribution >= 4 is 25.0 Å². The van der Waals surface area contributed by atoms with E-state index in [4.69, 9.17) is 19.8 Å². The van der Waals surface area contributed by atoms with Crippen LogP contribution in [0.3, 0.4) is 0 Å². The Labute approximate surface area is 183 Å². The molecule has 3 rings (SSSR count). The van der Waals surface area contributed by atoms with Crippen LogP contribution in [0.15, 0.2) is 54.0 Å². The maximum Gasteiger partial charge on any atom is 0.492 e. The van der Waals surface area contributed by atoms with Crippen LogP contribution in [0.1, 0.15) is 38.8 Å². The van der Waals surface area contributed by atoms with E-state index in [9.17, 15) is 9.90 Å². The predicted molar refractivity (Wildman–Crippen MR) is 121 cm³/mol. The molecular weight excluding hydrogens is 395 g/mol. The molecular formula is C23H29BN2O5. The third-order valence-electron chi connectivity index (χ3n) is 5.61. The van der Waals surface area contributed by atoms with Crippen LogP contribution in [-0.4, -0.2) is 36.1 Å². The zero-order valence-electron chi connectivity index (χ0n) is 18.3. The van der Waals surface area contributed by atoms with Gasteiger partial charge in [0, 0.05) is 6.54 Å². The first-order valence-corrected chi connectivity index (χ1v) is 10.2. The van der Waals surface area contributed by atoms with Crippen molar-refractivity contribution in [3.05, 3.63) is 65.1 Å². The van der Waals surface area contributed by atoms with Crippen molar-refractivity contribution in [2.45, 2.75) is 45.5 Å². The second-order valence-corrected chi connectivity index (χ2v) is 8.54. The first kappa shape index (κ1) is 22.7. The maximum atomic E-state index is 12.2. The van der Waals surface area contributed by atoms with Crippen molar-refractivity contribution in [2.75, 3.05) is 12.3 Å². The van der Waals surface area contributed by atoms with Crippen LogP contribution in [0, 0.1) is 0 Å². The van der Waals surface area contributed by atoms with Gasteiger partial charge in [0.1, 0.15) is 12.4 Å². The summed E-state index contributed by atoms with van der Waals surface area (Å²) in [6.07, 6.45) is 1.25. The topological polar surface area (TPSA) is 103 Å². The Hall–Kier alpha value is -2.97. The smallest absolute Gasteiger partial charge is 0.492 e. The van der Waals surface area contributed by atoms with Crippen LogP contribution in [-0.2, 0) is 20.7 Å². The number of alkyl carbamates (subject to hydrolysis) is 1. The summed E-state index contributed by atoms with van der Waals surface area (Å²) < 4.78 is 17.6. The zero-order chi connectivity index (χ0) is 22.6. The summed E-state index contributed by atoms with van der Waals surface area (Å²) in [6, 6.07) is 14.4. The van der Waals surface area contributed by atoms with E-state index in [2.05, 4.69) is 5.32 Å². The van der Waals surface area contributed by atoms with Crippen molar-refractivity contribution in [3.8, 4) is 5.75 Å². The Morgan fingerprint density at radius 2 is 1.77 bits per heavy atom. The van der Waals surface area contributed by atoms with E-state index in [1.54, 1.807) is 24.3 Å². The second-order valence-electron chi connectivity index (χ2n) is 8.54. The number of anilines is 1. The molecule has 1 aliphatic rings. The number of phenols is 1. The van der Waals surface area contributed by atoms with Gasteiger partial charge in [-0.2, -0.15) is 0 Å². The summed E-state index contributed by atoms with van der Waals surface area (Å²) in [7, 11) is -0.667. The van der Waals surface area contributed by atoms with Gasteiger partial charge in [-0.15, -0.1) is 0 Å². The van der Waals surface area contributed by atoms with Crippen LogP contribution in [0.2, 0.25) is 0 Å². The molecule has 2 aromatic rings. The molecule has 0 atom stereocenters. The van der Waals surface area contributed by atoms with Gasteiger partial charge >= 0.3 is 13.2 Å². The molecule has 1 aliphatic heterocycles. The van der Waals surface area contributed by atoms with Gasteiger partial charge in [-0.25, -0.2) is 4.79 Å². The Balaban J connectivity index is 1.73. The van der Waals surface area contributed by atoms with Crippen LogP contribution in [0.25, 0.3) is 6.08 Å². The summed E-state index contributed by atoms with van der Waals surface area (Å²) in [6.45, 7) is 8.16. The number of carbonyl (C=O) groups is 1. The van der Waals surface area contributed by atoms with Crippen LogP contribution in [0.4, 0.5) is 10.5 Å². The number of hydrogen-bond donors (Lipinski definition) is 3. The normalized spacial score (nSPS) is 17.4. The Morgan fingerprint density at radius 1 is 1.13 bits per heavy atom. The first-order chi connectivity index (χ1) is 14.6. The number of ether oxygens (including phenoxy) is 1. The second kappa shape index (κ2) is 9.04. The molecule has 0 bridgehead atoms. The largest absolute Gasteiger partial charge is 0.506 e. The number of nitrogens with one attached hydrogen (secondary N) is 1. The summed E-state index contributed by atoms with van der Waals surface area (Å²) >= 11 is 0. The SMILES string of the molecule is CC1(C)OB(C(=Cc2ccc(N)c(O)c2)CNC(=O)OCc2ccccc2)OC1(C)C. The lowest BCUT2D eigenvalue weighted by atomic mass is 9.77. The fourth-order valence-corrected chi connectivity index (χ4v) is 3.01. The number of nitrogen functional groups attached to an aromatic ring is 1. The van der Waals surface area contributed by atoms with E-state index in [1.807, 2.05) is 58.0 Å². The van der Waals surface area contributed by atoms with E-state index in [0.717, 1.165) is 5.56 Å². The summed E-state index contributed by atoms with van der Waals surface area (Å²) in [4.78, 5) is 12.2. The molecule has 0 saturated carbocycles. The average Bonchev–Trinajstić information content (AvgIpc) is 2.94. The Morgan fingerprint density at radius 3 is 2.39 bits per heavy atom. The average molecular weight is 424 g/mol. The highest BCUT2D eigenvalue weighted by molar-refractivity contribution is 6.56. The monoisotopic (exact) mass is 424 g/mol. The van der Waals surface area contributed by atoms with E-state index in [-0.39, 0.29) is 24.6 Å². The Kier molecular flexibility index (Phi) is 6.62. The number of aromatic hydroxyl groups is 1. The van der Waals surface area contributed by atoms with Gasteiger partial charge in [-0.05, 0) is 56.4 Å². The highest BCUT2D eigenvalue weighted by Gasteiger charge is 2.52. The molecule has 31 heavy (non-hydrogen) atoms. The van der Waals surface area contributed by atoms with Gasteiger partial charge in [-0.1, -0.05) is 42.5 Å². The first-order valence-electron chi connectivity index (χ1n) is 10.2. The van der Waals surface area contributed by atoms with Gasteiger partial charge in [0.05, 0.1) is 16.9 Å². The molecule has 1 fully saturated rings. The summed E-state index contributed by atoms with van der Waals surface area (Å²) in [5, 5.41) is 12.7. The number of benzene rings is 2. The maximum absolute atomic E-state index is 12.2. The molecule has 7 nitrogen and oxygen atoms in total. The van der Waals surface area contributed by atoms with E-state index >= 15 is 0 Å². The molecule has 1 saturated heterocycles. The van der Waals surface area contributed by atoms with Crippen LogP contribution >= 0.6 is 0 Å². The molecule has 164 valence electrons. The lowest BCUT2D eigenvalue weighted by Gasteiger charge is -2.32. The third-order valence-corrected chi connectivity index (χ3v) is 5.61. The molecule has 0 spiro atoms. The fraction of sp³-hybridized carbons (Fsp3) is 0.348. The van der Waals surface area contributed by atoms with Gasteiger partial charge in [0.25, 0.3) is 0 Å². The van der Waals surface area contributed by atoms with Crippen LogP contribution in [0.5, 0.6) is 5.75 Å². The number of nitrogens with two attached hydrogens (primary N) is 1. The van der Waals surface area contributed by atoms with Gasteiger partial charge in [0.15, 0.2) is 0 Å². The molecule has 1 heterocycles. The third kappa shape index (κ3) is 5.59. The molecule has 0 aromatic heterocycles. The van der Waals surface area contributed by atoms with E-state index < -0.39 is 24.4 Å². The lowest BCUT2D eigenvalue weighted by molar-refractivity contribution is 0.00578. The van der Waals surface area contributed by atoms with Crippen molar-refractivity contribution < 1.29 is 23.9 Å². The standard InChI is InChI=1S/C23H29BN2O5/c1-22(2)23(3,4)31-24(30-22)18(12-17-10-11-19(25)20(27)13-17)14-26-21(28)29-15-16-8-6-5-7-9-16/h5-13,27H,14-15,25H2,1-4H3,(H,26,28). The highest BCUT2D eigenvalue weighted by atomic mass is 16.7. The predicted octanol–water partition coefficient (Wildman–Crippen LogP) is 3.92. The number of amides is 1. The van der Waals surface area contributed by atoms with Crippen molar-refractivity contribution in [1.82, 2.24) is 5.32 Å². The van der Waals surface area contributed by atoms with Crippen molar-refractivity contribution in [3.63, 3.8) is 0 Å². The van der Waals surface area contributed by atoms with Crippen molar-refractivity contribution in [2.24, 2.45) is 0 Å². The van der Waals surface area contributed by atoms with E-state index in [0.29, 0.717) is 11.0 Å².